The predicted octanol–water partition coefficient (Wildman–Crippen LogP) is -6.76. The van der Waals surface area contributed by atoms with Crippen LogP contribution in [0.5, 0.6) is 0 Å². The number of benzene rings is 12. The Morgan fingerprint density at radius 3 is 0.482 bits per heavy atom. The summed E-state index contributed by atoms with van der Waals surface area (Å²) in [6, 6.07) is 69.9. The average Bonchev–Trinajstić information content (AvgIpc) is 0.766. The summed E-state index contributed by atoms with van der Waals surface area (Å²) in [6.07, 6.45) is 28.8. The van der Waals surface area contributed by atoms with Crippen molar-refractivity contribution in [2.24, 2.45) is 0 Å². The van der Waals surface area contributed by atoms with Crippen molar-refractivity contribution in [3.05, 3.63) is 475 Å². The van der Waals surface area contributed by atoms with Crippen LogP contribution in [0.25, 0.3) is 87.1 Å². The van der Waals surface area contributed by atoms with E-state index < -0.39 is 40.5 Å². The molecule has 0 saturated carbocycles. The maximum atomic E-state index is 11.3. The van der Waals surface area contributed by atoms with E-state index in [1.165, 1.54) is 54.1 Å². The molecule has 0 N–H and O–H groups in total. The van der Waals surface area contributed by atoms with Crippen LogP contribution in [0.1, 0.15) is 50.1 Å². The monoisotopic (exact) mass is 2160 g/mol. The van der Waals surface area contributed by atoms with E-state index in [2.05, 4.69) is 102 Å². The minimum Gasteiger partial charge on any atom is -0.744 e. The van der Waals surface area contributed by atoms with Crippen molar-refractivity contribution in [2.45, 2.75) is 41.2 Å². The first-order chi connectivity index (χ1) is 64.3. The fourth-order valence-electron chi connectivity index (χ4n) is 15.5. The molecule has 0 bridgehead atoms. The Hall–Kier alpha value is -6.13. The number of hydrogen-bond donors (Lipinski definition) is 0. The summed E-state index contributed by atoms with van der Waals surface area (Å²) in [4.78, 5) is 1.07. The molecule has 0 fully saturated rings. The van der Waals surface area contributed by atoms with Gasteiger partial charge < -0.3 is 76.5 Å². The Morgan fingerprint density at radius 2 is 0.348 bits per heavy atom. The zero-order chi connectivity index (χ0) is 92.7. The van der Waals surface area contributed by atoms with Gasteiger partial charge in [0.1, 0.15) is 40.5 Å². The van der Waals surface area contributed by atoms with Crippen LogP contribution in [-0.4, -0.2) is 51.9 Å². The van der Waals surface area contributed by atoms with Crippen molar-refractivity contribution in [1.29, 1.82) is 0 Å². The quantitative estimate of drug-likeness (QED) is 0.0212. The van der Waals surface area contributed by atoms with Gasteiger partial charge in [0, 0.05) is 14.7 Å². The molecule has 12 aromatic rings. The van der Waals surface area contributed by atoms with Gasteiger partial charge in [-0.25, -0.2) is 33.7 Å². The summed E-state index contributed by atoms with van der Waals surface area (Å²) in [5, 5.41) is 84.1. The fourth-order valence-corrected chi connectivity index (χ4v) is 18.4. The summed E-state index contributed by atoms with van der Waals surface area (Å²) in [7, 11) is -18.1. The zero-order valence-electron chi connectivity index (χ0n) is 75.7. The molecule has 0 saturated heterocycles. The number of rotatable bonds is 21. The van der Waals surface area contributed by atoms with Crippen molar-refractivity contribution in [3.8, 4) is 0 Å². The van der Waals surface area contributed by atoms with Crippen LogP contribution in [0.15, 0.2) is 375 Å². The first kappa shape index (κ1) is 118. The van der Waals surface area contributed by atoms with Gasteiger partial charge in [-0.15, -0.1) is 45.5 Å². The molecule has 20 rings (SSSR count). The Kier molecular flexibility index (Phi) is 44.6. The van der Waals surface area contributed by atoms with E-state index >= 15 is 0 Å². The topological polar surface area (TPSA) is 466 Å². The minimum atomic E-state index is -4.54. The van der Waals surface area contributed by atoms with Gasteiger partial charge in [0.25, 0.3) is 0 Å². The summed E-state index contributed by atoms with van der Waals surface area (Å²) in [5.41, 5.74) is 21.5. The predicted molar refractivity (Wildman–Crippen MR) is 492 cm³/mol. The van der Waals surface area contributed by atoms with Crippen molar-refractivity contribution in [3.63, 3.8) is 0 Å². The molecule has 0 unspecified atom stereocenters. The smallest absolute Gasteiger partial charge is 0.744 e. The van der Waals surface area contributed by atoms with Crippen LogP contribution in [-0.2, 0) is 88.1 Å². The van der Waals surface area contributed by atoms with Crippen molar-refractivity contribution in [1.82, 2.24) is 0 Å². The molecule has 0 radical (unpaired) electrons. The maximum absolute atomic E-state index is 11.3. The Morgan fingerprint density at radius 1 is 0.213 bits per heavy atom. The van der Waals surface area contributed by atoms with E-state index in [9.17, 15) is 67.7 Å². The summed E-state index contributed by atoms with van der Waals surface area (Å²) in [5.74, 6) is 0. The van der Waals surface area contributed by atoms with Gasteiger partial charge in [-0.1, -0.05) is 212 Å². The molecular formula is C97H59N8Na7O21RuS7. The van der Waals surface area contributed by atoms with Gasteiger partial charge in [-0.05, 0) is 223 Å². The molecular weight excluding hydrogens is 2100 g/mol. The molecule has 12 aromatic carbocycles. The van der Waals surface area contributed by atoms with E-state index in [-0.39, 0.29) is 246 Å². The van der Waals surface area contributed by atoms with Crippen LogP contribution < -0.4 is 264 Å². The summed E-state index contributed by atoms with van der Waals surface area (Å²) in [6.45, 7) is 2.06. The minimum absolute atomic E-state index is 0. The van der Waals surface area contributed by atoms with E-state index in [1.807, 2.05) is 158 Å². The van der Waals surface area contributed by atoms with Gasteiger partial charge in [0.2, 0.25) is 0 Å². The van der Waals surface area contributed by atoms with Gasteiger partial charge in [-0.2, -0.15) is 62.6 Å². The first-order valence-electron chi connectivity index (χ1n) is 39.5. The van der Waals surface area contributed by atoms with Gasteiger partial charge in [-0.3, -0.25) is 15.1 Å². The molecule has 141 heavy (non-hydrogen) atoms. The summed E-state index contributed by atoms with van der Waals surface area (Å²) >= 11 is 2.52. The standard InChI is InChI=1S/C25H18N2O3S.3C24H16N2O6S2.7Na.Ru/c1-16-2-4-17(5-3-16)20-12-14-26-24-22(20)10-11-23-21(13-15-27-25(23)24)18-6-8-19(9-7-18)31(28,29)30;27-33(28,29)17-5-1-15(2-6-17)19-11-13-25-23-21(19)9-10-22-20(12-14-26-24(22)23)16-3-7-18(8-4-16)34(30,31)32;27-31-32-33-17-5-1-15(2-6-17)19-11-13-25-23-21(19)9-10-22-20(12-14-26-24(22)23)16-3-7-18(8-4-16)34(28,29)30;27-29-31-33-17-5-1-15(2-6-17)19-11-13-25-23-21(19)9-10-22-20(12-14-26-24(22)23)16-3-7-18(8-4-16)34-32-30-28;;;;;;;;/h2-15H,1H3,(H,28,29,30);1-14H,(H,27,28,29)(H,30,31,32);1-14,27H,(H,28,29,30);1-14,27-28H;;;;;;;;/q4*-2;7*+1;+8/p-7. The Bertz CT molecular complexity index is 7820. The van der Waals surface area contributed by atoms with Gasteiger partial charge in [0.15, 0.2) is 0 Å². The molecule has 670 valence electrons. The second-order valence-corrected chi connectivity index (χ2v) is 37.2. The molecule has 8 aliphatic heterocycles. The van der Waals surface area contributed by atoms with Crippen molar-refractivity contribution < 1.29 is 322 Å². The van der Waals surface area contributed by atoms with Gasteiger partial charge >= 0.3 is 226 Å². The van der Waals surface area contributed by atoms with E-state index in [0.29, 0.717) is 33.1 Å². The molecule has 8 aliphatic rings. The maximum Gasteiger partial charge on any atom is 8.00 e. The van der Waals surface area contributed by atoms with Crippen LogP contribution >= 0.6 is 36.1 Å². The third-order valence-corrected chi connectivity index (χ3v) is 26.8. The second-order valence-electron chi connectivity index (χ2n) is 29.3. The summed E-state index contributed by atoms with van der Waals surface area (Å²) < 4.78 is 148. The molecule has 0 aliphatic carbocycles. The third kappa shape index (κ3) is 27.7. The van der Waals surface area contributed by atoms with Crippen molar-refractivity contribution in [2.75, 3.05) is 0 Å². The fraction of sp³-hybridized carbons (Fsp3) is 0.0103. The molecule has 44 heteroatoms. The van der Waals surface area contributed by atoms with Crippen LogP contribution in [0, 0.1) is 6.92 Å². The molecule has 0 amide bonds. The van der Waals surface area contributed by atoms with E-state index in [4.69, 9.17) is 0 Å². The van der Waals surface area contributed by atoms with Crippen molar-refractivity contribution >= 4 is 167 Å². The second kappa shape index (κ2) is 53.2. The molecule has 0 atom stereocenters. The average molecular weight is 2160 g/mol. The van der Waals surface area contributed by atoms with Gasteiger partial charge in [0.05, 0.1) is 55.7 Å². The Balaban J connectivity index is 0.000000206. The number of fused-ring (bicyclic) bond motifs is 12. The molecule has 29 nitrogen and oxygen atoms in total. The number of hydrogen-bond acceptors (Lipinski definition) is 24. The van der Waals surface area contributed by atoms with Crippen LogP contribution in [0.4, 0.5) is 45.5 Å². The van der Waals surface area contributed by atoms with E-state index in [0.717, 1.165) is 194 Å². The number of allylic oxidation sites excluding steroid dienone is 8. The largest absolute Gasteiger partial charge is 8.00 e. The SMILES string of the molecule is Cc1ccc(C2=c3ccc4c(c3[N-]C=C2)[N-]C=CC=4c2ccc(S(=O)(=O)[O-])cc2)cc1.O=S(=O)([O-])c1ccc(C2=c3ccc4c(c3[N-]C=C2)[N-]C=CC=4c2ccc(S(=O)(=O)[O-])cc2)cc1.O=S(=O)([O-])c1ccc(C2=c3ccc4c(c3[N-]C=C2)[N-]C=CC=4c2ccc(SOO[O-])cc2)cc1.[Na+].[Na+].[Na+].[Na+].[Na+].[Na+].[Na+].[O-]OOSc1ccc(C2=c3ccc4c(c3[N-]C=C2)[N-]C=CC=4c2ccc(SOO[O-])cc2)cc1.[Ru+8]. The molecule has 0 aromatic heterocycles. The van der Waals surface area contributed by atoms with Crippen LogP contribution in [0.3, 0.4) is 0 Å². The number of nitrogens with zero attached hydrogens (tertiary/aromatic N) is 8. The van der Waals surface area contributed by atoms with E-state index in [1.54, 1.807) is 110 Å². The molecule has 0 spiro atoms. The zero-order valence-corrected chi connectivity index (χ0v) is 97.1. The number of aryl methyl sites for hydroxylation is 1. The van der Waals surface area contributed by atoms with Crippen LogP contribution in [0.2, 0.25) is 0 Å². The Labute approximate surface area is 990 Å². The molecule has 8 heterocycles. The third-order valence-electron chi connectivity index (χ3n) is 21.6. The normalized spacial score (nSPS) is 13.5. The first-order valence-corrected chi connectivity index (χ1v) is 47.3.